The van der Waals surface area contributed by atoms with E-state index in [0.717, 1.165) is 5.56 Å². The molecule has 1 aromatic heterocycles. The van der Waals surface area contributed by atoms with Crippen LogP contribution in [0.3, 0.4) is 0 Å². The maximum absolute atomic E-state index is 12.2. The lowest BCUT2D eigenvalue weighted by molar-refractivity contribution is -0.126. The number of carbonyl (C=O) groups is 2. The minimum atomic E-state index is -0.430. The van der Waals surface area contributed by atoms with Crippen molar-refractivity contribution in [2.24, 2.45) is 4.99 Å². The molecule has 142 valence electrons. The monoisotopic (exact) mass is 375 g/mol. The van der Waals surface area contributed by atoms with Gasteiger partial charge in [-0.2, -0.15) is 4.99 Å². The van der Waals surface area contributed by atoms with Crippen molar-refractivity contribution in [1.82, 2.24) is 9.88 Å². The molecule has 0 saturated heterocycles. The van der Waals surface area contributed by atoms with Gasteiger partial charge in [0.2, 0.25) is 0 Å². The molecule has 0 aliphatic rings. The Labute approximate surface area is 163 Å². The lowest BCUT2D eigenvalue weighted by atomic mass is 10.2. The maximum Gasteiger partial charge on any atom is 0.267 e. The third-order valence-electron chi connectivity index (χ3n) is 3.90. The minimum Gasteiger partial charge on any atom is -0.484 e. The summed E-state index contributed by atoms with van der Waals surface area (Å²) >= 11 is 0. The highest BCUT2D eigenvalue weighted by Gasteiger charge is 2.06. The first-order chi connectivity index (χ1) is 13.7. The van der Waals surface area contributed by atoms with E-state index in [0.29, 0.717) is 17.8 Å². The van der Waals surface area contributed by atoms with Gasteiger partial charge in [-0.15, -0.1) is 0 Å². The van der Waals surface area contributed by atoms with Gasteiger partial charge in [0.1, 0.15) is 11.2 Å². The van der Waals surface area contributed by atoms with Crippen LogP contribution in [-0.4, -0.2) is 29.5 Å². The predicted molar refractivity (Wildman–Crippen MR) is 105 cm³/mol. The van der Waals surface area contributed by atoms with E-state index in [1.54, 1.807) is 18.2 Å². The van der Waals surface area contributed by atoms with E-state index in [4.69, 9.17) is 4.74 Å². The molecule has 0 atom stereocenters. The Balaban J connectivity index is 1.56. The number of benzene rings is 2. The number of amides is 2. The third-order valence-corrected chi connectivity index (χ3v) is 3.90. The number of pyridine rings is 1. The Bertz CT molecular complexity index is 982. The number of carbonyl (C=O) groups excluding carboxylic acids is 2. The van der Waals surface area contributed by atoms with Crippen LogP contribution >= 0.6 is 0 Å². The van der Waals surface area contributed by atoms with Crippen LogP contribution in [0.15, 0.2) is 90.1 Å². The second-order valence-corrected chi connectivity index (χ2v) is 6.06. The second-order valence-electron chi connectivity index (χ2n) is 6.06. The summed E-state index contributed by atoms with van der Waals surface area (Å²) in [6.07, 6.45) is 1.87. The molecule has 0 unspecified atom stereocenters. The van der Waals surface area contributed by atoms with Gasteiger partial charge in [-0.1, -0.05) is 54.6 Å². The van der Waals surface area contributed by atoms with Crippen molar-refractivity contribution in [3.05, 3.63) is 96.1 Å². The zero-order valence-electron chi connectivity index (χ0n) is 15.3. The van der Waals surface area contributed by atoms with Crippen LogP contribution in [0.25, 0.3) is 0 Å². The number of aromatic nitrogens is 1. The van der Waals surface area contributed by atoms with Gasteiger partial charge >= 0.3 is 0 Å². The van der Waals surface area contributed by atoms with Gasteiger partial charge in [0.15, 0.2) is 6.61 Å². The molecule has 6 nitrogen and oxygen atoms in total. The topological polar surface area (TPSA) is 72.7 Å². The number of rotatable bonds is 7. The summed E-state index contributed by atoms with van der Waals surface area (Å²) in [7, 11) is 0. The van der Waals surface area contributed by atoms with Crippen LogP contribution in [0.5, 0.6) is 5.75 Å². The number of nitrogens with one attached hydrogen (secondary N) is 1. The molecule has 0 aliphatic heterocycles. The van der Waals surface area contributed by atoms with Crippen LogP contribution in [0, 0.1) is 0 Å². The van der Waals surface area contributed by atoms with E-state index in [1.165, 1.54) is 0 Å². The molecule has 0 bridgehead atoms. The standard InChI is InChI=1S/C22H21N3O3/c26-21(15-23-22(27)17-28-19-11-5-2-6-12-19)24-20-13-7-8-14-25(20)16-18-9-3-1-4-10-18/h1-14H,15-17H2,(H,23,27). The summed E-state index contributed by atoms with van der Waals surface area (Å²) in [5, 5.41) is 2.53. The molecule has 3 aromatic rings. The van der Waals surface area contributed by atoms with E-state index in [-0.39, 0.29) is 19.1 Å². The molecule has 6 heteroatoms. The fourth-order valence-corrected chi connectivity index (χ4v) is 2.54. The van der Waals surface area contributed by atoms with Gasteiger partial charge in [-0.25, -0.2) is 0 Å². The third kappa shape index (κ3) is 5.95. The van der Waals surface area contributed by atoms with Crippen LogP contribution in [0.2, 0.25) is 0 Å². The molecule has 0 fully saturated rings. The fraction of sp³-hybridized carbons (Fsp3) is 0.136. The first kappa shape index (κ1) is 19.1. The normalized spacial score (nSPS) is 11.1. The van der Waals surface area contributed by atoms with E-state index in [2.05, 4.69) is 10.3 Å². The lowest BCUT2D eigenvalue weighted by Crippen LogP contribution is -2.34. The van der Waals surface area contributed by atoms with Crippen molar-refractivity contribution in [2.75, 3.05) is 13.2 Å². The fourth-order valence-electron chi connectivity index (χ4n) is 2.54. The number of hydrogen-bond donors (Lipinski definition) is 1. The second kappa shape index (κ2) is 9.87. The molecule has 2 aromatic carbocycles. The number of nitrogens with zero attached hydrogens (tertiary/aromatic N) is 2. The Morgan fingerprint density at radius 2 is 1.57 bits per heavy atom. The van der Waals surface area contributed by atoms with Gasteiger partial charge in [0.25, 0.3) is 11.8 Å². The quantitative estimate of drug-likeness (QED) is 0.688. The Morgan fingerprint density at radius 3 is 2.32 bits per heavy atom. The number of para-hydroxylation sites is 1. The van der Waals surface area contributed by atoms with Crippen molar-refractivity contribution in [2.45, 2.75) is 6.54 Å². The van der Waals surface area contributed by atoms with E-state index >= 15 is 0 Å². The highest BCUT2D eigenvalue weighted by atomic mass is 16.5. The molecule has 0 aliphatic carbocycles. The summed E-state index contributed by atoms with van der Waals surface area (Å²) < 4.78 is 7.23. The molecule has 3 rings (SSSR count). The van der Waals surface area contributed by atoms with Crippen LogP contribution in [-0.2, 0) is 16.1 Å². The van der Waals surface area contributed by atoms with Gasteiger partial charge in [-0.3, -0.25) is 9.59 Å². The van der Waals surface area contributed by atoms with Crippen molar-refractivity contribution in [3.63, 3.8) is 0 Å². The summed E-state index contributed by atoms with van der Waals surface area (Å²) in [6, 6.07) is 24.4. The molecule has 2 amide bonds. The van der Waals surface area contributed by atoms with Gasteiger partial charge in [0, 0.05) is 12.7 Å². The lowest BCUT2D eigenvalue weighted by Gasteiger charge is -2.08. The molecule has 1 N–H and O–H groups in total. The Hall–Kier alpha value is -3.67. The summed E-state index contributed by atoms with van der Waals surface area (Å²) in [5.41, 5.74) is 1.64. The zero-order valence-corrected chi connectivity index (χ0v) is 15.3. The smallest absolute Gasteiger partial charge is 0.267 e. The average molecular weight is 375 g/mol. The summed E-state index contributed by atoms with van der Waals surface area (Å²) in [5.74, 6) is -0.210. The van der Waals surface area contributed by atoms with E-state index in [1.807, 2.05) is 71.4 Å². The first-order valence-corrected chi connectivity index (χ1v) is 8.92. The average Bonchev–Trinajstić information content (AvgIpc) is 2.74. The molecular formula is C22H21N3O3. The highest BCUT2D eigenvalue weighted by Crippen LogP contribution is 2.07. The van der Waals surface area contributed by atoms with Crippen molar-refractivity contribution in [1.29, 1.82) is 0 Å². The number of ether oxygens (including phenoxy) is 1. The molecular weight excluding hydrogens is 354 g/mol. The van der Waals surface area contributed by atoms with Gasteiger partial charge in [-0.05, 0) is 29.8 Å². The maximum atomic E-state index is 12.2. The van der Waals surface area contributed by atoms with Crippen LogP contribution in [0.1, 0.15) is 5.56 Å². The van der Waals surface area contributed by atoms with Crippen LogP contribution < -0.4 is 15.5 Å². The highest BCUT2D eigenvalue weighted by molar-refractivity contribution is 5.85. The summed E-state index contributed by atoms with van der Waals surface area (Å²) in [6.45, 7) is 0.263. The van der Waals surface area contributed by atoms with Gasteiger partial charge in [0.05, 0.1) is 6.54 Å². The molecule has 28 heavy (non-hydrogen) atoms. The van der Waals surface area contributed by atoms with Crippen LogP contribution in [0.4, 0.5) is 0 Å². The molecule has 0 saturated carbocycles. The van der Waals surface area contributed by atoms with Crippen molar-refractivity contribution in [3.8, 4) is 5.75 Å². The van der Waals surface area contributed by atoms with Crippen molar-refractivity contribution >= 4 is 11.8 Å². The zero-order chi connectivity index (χ0) is 19.6. The van der Waals surface area contributed by atoms with E-state index < -0.39 is 5.91 Å². The van der Waals surface area contributed by atoms with Crippen molar-refractivity contribution < 1.29 is 14.3 Å². The van der Waals surface area contributed by atoms with Gasteiger partial charge < -0.3 is 14.6 Å². The largest absolute Gasteiger partial charge is 0.484 e. The minimum absolute atomic E-state index is 0.156. The molecule has 1 heterocycles. The SMILES string of the molecule is O=C(CNC(=O)COc1ccccc1)N=c1ccccn1Cc1ccccc1. The molecule has 0 radical (unpaired) electrons. The predicted octanol–water partition coefficient (Wildman–Crippen LogP) is 2.16. The Kier molecular flexibility index (Phi) is 6.73. The van der Waals surface area contributed by atoms with E-state index in [9.17, 15) is 9.59 Å². The Morgan fingerprint density at radius 1 is 0.893 bits per heavy atom. The summed E-state index contributed by atoms with van der Waals surface area (Å²) in [4.78, 5) is 28.1. The number of hydrogen-bond acceptors (Lipinski definition) is 3. The first-order valence-electron chi connectivity index (χ1n) is 8.92. The molecule has 0 spiro atoms.